The van der Waals surface area contributed by atoms with Crippen molar-refractivity contribution in [3.63, 3.8) is 0 Å². The second-order valence-corrected chi connectivity index (χ2v) is 3.76. The van der Waals surface area contributed by atoms with E-state index in [2.05, 4.69) is 4.90 Å². The van der Waals surface area contributed by atoms with Crippen LogP contribution in [0.1, 0.15) is 19.3 Å². The molecule has 3 nitrogen and oxygen atoms in total. The smallest absolute Gasteiger partial charge is 0.0597 e. The third-order valence-corrected chi connectivity index (χ3v) is 2.50. The predicted octanol–water partition coefficient (Wildman–Crippen LogP) is 1.87. The molecule has 0 atom stereocenters. The van der Waals surface area contributed by atoms with Gasteiger partial charge in [0.25, 0.3) is 0 Å². The average Bonchev–Trinajstić information content (AvgIpc) is 2.25. The van der Waals surface area contributed by atoms with Crippen LogP contribution < -0.4 is 10.6 Å². The molecule has 1 rings (SSSR count). The minimum atomic E-state index is 0.289. The van der Waals surface area contributed by atoms with E-state index in [1.165, 1.54) is 0 Å². The lowest BCUT2D eigenvalue weighted by molar-refractivity contribution is 0.283. The molecule has 3 heteroatoms. The Morgan fingerprint density at radius 1 is 1.20 bits per heavy atom. The van der Waals surface area contributed by atoms with Gasteiger partial charge in [0.05, 0.1) is 11.4 Å². The van der Waals surface area contributed by atoms with E-state index < -0.39 is 0 Å². The van der Waals surface area contributed by atoms with Gasteiger partial charge in [-0.25, -0.2) is 0 Å². The van der Waals surface area contributed by atoms with Crippen LogP contribution in [0.4, 0.5) is 11.4 Å². The van der Waals surface area contributed by atoms with Crippen molar-refractivity contribution in [3.05, 3.63) is 24.3 Å². The normalized spacial score (nSPS) is 10.3. The van der Waals surface area contributed by atoms with Gasteiger partial charge in [0, 0.05) is 20.2 Å². The zero-order valence-electron chi connectivity index (χ0n) is 9.32. The largest absolute Gasteiger partial charge is 0.397 e. The van der Waals surface area contributed by atoms with E-state index in [9.17, 15) is 0 Å². The summed E-state index contributed by atoms with van der Waals surface area (Å²) in [4.78, 5) is 2.16. The Labute approximate surface area is 91.5 Å². The van der Waals surface area contributed by atoms with Crippen molar-refractivity contribution in [1.82, 2.24) is 0 Å². The molecule has 15 heavy (non-hydrogen) atoms. The third-order valence-electron chi connectivity index (χ3n) is 2.50. The number of hydrogen-bond donors (Lipinski definition) is 2. The van der Waals surface area contributed by atoms with Gasteiger partial charge < -0.3 is 15.7 Å². The topological polar surface area (TPSA) is 49.5 Å². The SMILES string of the molecule is CN(CCCCCO)c1ccccc1N. The van der Waals surface area contributed by atoms with Crippen LogP contribution in [0.5, 0.6) is 0 Å². The molecule has 0 aliphatic rings. The van der Waals surface area contributed by atoms with Crippen molar-refractivity contribution in [2.45, 2.75) is 19.3 Å². The number of nitrogen functional groups attached to an aromatic ring is 1. The summed E-state index contributed by atoms with van der Waals surface area (Å²) >= 11 is 0. The highest BCUT2D eigenvalue weighted by Crippen LogP contribution is 2.21. The van der Waals surface area contributed by atoms with E-state index in [1.54, 1.807) is 0 Å². The number of nitrogens with zero attached hydrogens (tertiary/aromatic N) is 1. The molecule has 0 fully saturated rings. The quantitative estimate of drug-likeness (QED) is 0.554. The van der Waals surface area contributed by atoms with Gasteiger partial charge in [0.15, 0.2) is 0 Å². The fourth-order valence-electron chi connectivity index (χ4n) is 1.59. The summed E-state index contributed by atoms with van der Waals surface area (Å²) < 4.78 is 0. The maximum Gasteiger partial charge on any atom is 0.0597 e. The molecule has 1 aromatic carbocycles. The highest BCUT2D eigenvalue weighted by Gasteiger charge is 2.03. The van der Waals surface area contributed by atoms with Gasteiger partial charge in [-0.3, -0.25) is 0 Å². The second-order valence-electron chi connectivity index (χ2n) is 3.76. The van der Waals surface area contributed by atoms with Crippen LogP contribution in [0.25, 0.3) is 0 Å². The van der Waals surface area contributed by atoms with Gasteiger partial charge >= 0.3 is 0 Å². The molecule has 0 radical (unpaired) electrons. The molecule has 0 saturated carbocycles. The summed E-state index contributed by atoms with van der Waals surface area (Å²) in [6.07, 6.45) is 3.04. The molecule has 84 valence electrons. The van der Waals surface area contributed by atoms with Crippen LogP contribution in [0.15, 0.2) is 24.3 Å². The number of aliphatic hydroxyl groups is 1. The van der Waals surface area contributed by atoms with Gasteiger partial charge in [-0.2, -0.15) is 0 Å². The van der Waals surface area contributed by atoms with Crippen LogP contribution in [-0.4, -0.2) is 25.3 Å². The second kappa shape index (κ2) is 6.30. The Morgan fingerprint density at radius 3 is 2.60 bits per heavy atom. The maximum absolute atomic E-state index is 8.66. The first-order valence-corrected chi connectivity index (χ1v) is 5.42. The van der Waals surface area contributed by atoms with E-state index in [1.807, 2.05) is 31.3 Å². The van der Waals surface area contributed by atoms with Crippen molar-refractivity contribution in [2.24, 2.45) is 0 Å². The molecular formula is C12H20N2O. The molecule has 0 aliphatic heterocycles. The monoisotopic (exact) mass is 208 g/mol. The lowest BCUT2D eigenvalue weighted by atomic mass is 10.2. The number of rotatable bonds is 6. The Hall–Kier alpha value is -1.22. The Kier molecular flexibility index (Phi) is 4.98. The van der Waals surface area contributed by atoms with E-state index in [4.69, 9.17) is 10.8 Å². The zero-order valence-corrected chi connectivity index (χ0v) is 9.32. The van der Waals surface area contributed by atoms with E-state index in [0.29, 0.717) is 0 Å². The number of aliphatic hydroxyl groups excluding tert-OH is 1. The van der Waals surface area contributed by atoms with Crippen molar-refractivity contribution in [3.8, 4) is 0 Å². The van der Waals surface area contributed by atoms with Crippen molar-refractivity contribution >= 4 is 11.4 Å². The highest BCUT2D eigenvalue weighted by molar-refractivity contribution is 5.66. The minimum Gasteiger partial charge on any atom is -0.397 e. The fraction of sp³-hybridized carbons (Fsp3) is 0.500. The van der Waals surface area contributed by atoms with E-state index in [0.717, 1.165) is 37.2 Å². The van der Waals surface area contributed by atoms with E-state index >= 15 is 0 Å². The summed E-state index contributed by atoms with van der Waals surface area (Å²) in [5, 5.41) is 8.66. The number of nitrogens with two attached hydrogens (primary N) is 1. The third kappa shape index (κ3) is 3.80. The van der Waals surface area contributed by atoms with Crippen LogP contribution >= 0.6 is 0 Å². The molecule has 3 N–H and O–H groups in total. The minimum absolute atomic E-state index is 0.289. The molecule has 0 amide bonds. The standard InChI is InChI=1S/C12H20N2O/c1-14(9-5-2-6-10-15)12-8-4-3-7-11(12)13/h3-4,7-8,15H,2,5-6,9-10,13H2,1H3. The Balaban J connectivity index is 2.40. The summed E-state index contributed by atoms with van der Waals surface area (Å²) in [5.74, 6) is 0. The Bertz CT molecular complexity index is 289. The zero-order chi connectivity index (χ0) is 11.1. The molecule has 0 saturated heterocycles. The van der Waals surface area contributed by atoms with Crippen LogP contribution in [0, 0.1) is 0 Å². The highest BCUT2D eigenvalue weighted by atomic mass is 16.2. The lowest BCUT2D eigenvalue weighted by Crippen LogP contribution is -2.19. The first-order valence-electron chi connectivity index (χ1n) is 5.42. The Morgan fingerprint density at radius 2 is 1.93 bits per heavy atom. The predicted molar refractivity (Wildman–Crippen MR) is 65.1 cm³/mol. The molecule has 0 bridgehead atoms. The van der Waals surface area contributed by atoms with E-state index in [-0.39, 0.29) is 6.61 Å². The van der Waals surface area contributed by atoms with Gasteiger partial charge in [-0.1, -0.05) is 12.1 Å². The number of unbranched alkanes of at least 4 members (excludes halogenated alkanes) is 2. The molecule has 0 spiro atoms. The van der Waals surface area contributed by atoms with Crippen LogP contribution in [0.3, 0.4) is 0 Å². The van der Waals surface area contributed by atoms with Gasteiger partial charge in [-0.05, 0) is 31.4 Å². The molecule has 0 aromatic heterocycles. The number of anilines is 2. The number of benzene rings is 1. The summed E-state index contributed by atoms with van der Waals surface area (Å²) in [7, 11) is 2.05. The maximum atomic E-state index is 8.66. The molecule has 0 aliphatic carbocycles. The fourth-order valence-corrected chi connectivity index (χ4v) is 1.59. The van der Waals surface area contributed by atoms with Crippen LogP contribution in [-0.2, 0) is 0 Å². The van der Waals surface area contributed by atoms with Crippen molar-refractivity contribution in [2.75, 3.05) is 30.8 Å². The van der Waals surface area contributed by atoms with Gasteiger partial charge in [0.2, 0.25) is 0 Å². The van der Waals surface area contributed by atoms with Crippen molar-refractivity contribution < 1.29 is 5.11 Å². The first-order chi connectivity index (χ1) is 7.25. The first kappa shape index (κ1) is 11.9. The van der Waals surface area contributed by atoms with Gasteiger partial charge in [0.1, 0.15) is 0 Å². The van der Waals surface area contributed by atoms with Gasteiger partial charge in [-0.15, -0.1) is 0 Å². The summed E-state index contributed by atoms with van der Waals surface area (Å²) in [6, 6.07) is 7.88. The molecule has 1 aromatic rings. The molecule has 0 unspecified atom stereocenters. The molecular weight excluding hydrogens is 188 g/mol. The van der Waals surface area contributed by atoms with Crippen molar-refractivity contribution in [1.29, 1.82) is 0 Å². The number of hydrogen-bond acceptors (Lipinski definition) is 3. The number of para-hydroxylation sites is 2. The van der Waals surface area contributed by atoms with Crippen LogP contribution in [0.2, 0.25) is 0 Å². The average molecular weight is 208 g/mol. The summed E-state index contributed by atoms with van der Waals surface area (Å²) in [6.45, 7) is 1.27. The molecule has 0 heterocycles. The summed E-state index contributed by atoms with van der Waals surface area (Å²) in [5.41, 5.74) is 7.78. The lowest BCUT2D eigenvalue weighted by Gasteiger charge is -2.20.